The van der Waals surface area contributed by atoms with E-state index in [0.29, 0.717) is 29.1 Å². The monoisotopic (exact) mass is 496 g/mol. The Bertz CT molecular complexity index is 1530. The van der Waals surface area contributed by atoms with Crippen molar-refractivity contribution in [2.45, 2.75) is 32.5 Å². The van der Waals surface area contributed by atoms with E-state index in [-0.39, 0.29) is 11.3 Å². The molecular formula is C24H23F3N8O. The van der Waals surface area contributed by atoms with Gasteiger partial charge in [0, 0.05) is 0 Å². The highest BCUT2D eigenvalue weighted by molar-refractivity contribution is 5.83. The number of benzene rings is 1. The first kappa shape index (κ1) is 24.6. The molecule has 3 aromatic heterocycles. The van der Waals surface area contributed by atoms with Crippen molar-refractivity contribution in [3.63, 3.8) is 0 Å². The maximum absolute atomic E-state index is 13.8. The molecule has 0 amide bonds. The molecule has 0 saturated carbocycles. The molecule has 3 N–H and O–H groups in total. The Morgan fingerprint density at radius 3 is 2.78 bits per heavy atom. The van der Waals surface area contributed by atoms with E-state index in [9.17, 15) is 18.0 Å². The molecule has 1 unspecified atom stereocenters. The van der Waals surface area contributed by atoms with Crippen LogP contribution in [0.1, 0.15) is 37.7 Å². The van der Waals surface area contributed by atoms with Crippen LogP contribution in [-0.4, -0.2) is 29.6 Å². The lowest BCUT2D eigenvalue weighted by molar-refractivity contribution is -0.136. The second kappa shape index (κ2) is 10.0. The van der Waals surface area contributed by atoms with Gasteiger partial charge in [-0.25, -0.2) is 24.6 Å². The Morgan fingerprint density at radius 2 is 2.08 bits per heavy atom. The number of aromatic nitrogens is 6. The number of hydrogen-bond donors (Lipinski definition) is 3. The second-order valence-corrected chi connectivity index (χ2v) is 7.70. The number of halogens is 3. The summed E-state index contributed by atoms with van der Waals surface area (Å²) in [6, 6.07) is 2.85. The first-order chi connectivity index (χ1) is 17.3. The summed E-state index contributed by atoms with van der Waals surface area (Å²) < 4.78 is 42.4. The molecule has 0 radical (unpaired) electrons. The van der Waals surface area contributed by atoms with Gasteiger partial charge in [0.1, 0.15) is 11.8 Å². The van der Waals surface area contributed by atoms with Crippen LogP contribution in [0.2, 0.25) is 0 Å². The quantitative estimate of drug-likeness (QED) is 0.299. The van der Waals surface area contributed by atoms with E-state index >= 15 is 0 Å². The molecule has 0 fully saturated rings. The zero-order chi connectivity index (χ0) is 25.9. The van der Waals surface area contributed by atoms with E-state index in [1.165, 1.54) is 30.9 Å². The fraction of sp³-hybridized carbons (Fsp3) is 0.208. The summed E-state index contributed by atoms with van der Waals surface area (Å²) in [7, 11) is 0. The number of anilines is 1. The number of alkyl halides is 3. The number of rotatable bonds is 8. The molecule has 0 spiro atoms. The third kappa shape index (κ3) is 4.69. The fourth-order valence-electron chi connectivity index (χ4n) is 3.78. The van der Waals surface area contributed by atoms with Crippen LogP contribution in [0, 0.1) is 0 Å². The number of fused-ring (bicyclic) bond motifs is 2. The molecule has 4 rings (SSSR count). The zero-order valence-electron chi connectivity index (χ0n) is 19.5. The summed E-state index contributed by atoms with van der Waals surface area (Å²) in [6.45, 7) is 7.27. The molecule has 1 aromatic carbocycles. The first-order valence-corrected chi connectivity index (χ1v) is 11.0. The van der Waals surface area contributed by atoms with Crippen molar-refractivity contribution in [1.29, 1.82) is 0 Å². The summed E-state index contributed by atoms with van der Waals surface area (Å²) in [4.78, 5) is 33.6. The van der Waals surface area contributed by atoms with E-state index < -0.39 is 28.7 Å². The number of allylic oxidation sites excluding steroid dienone is 4. The lowest BCUT2D eigenvalue weighted by Gasteiger charge is -2.23. The number of hydrogen-bond acceptors (Lipinski definition) is 7. The minimum atomic E-state index is -4.74. The van der Waals surface area contributed by atoms with E-state index in [1.807, 2.05) is 6.92 Å². The molecule has 0 saturated heterocycles. The van der Waals surface area contributed by atoms with Crippen molar-refractivity contribution in [3.8, 4) is 0 Å². The molecule has 0 aliphatic carbocycles. The summed E-state index contributed by atoms with van der Waals surface area (Å²) in [5.41, 5.74) is 2.28. The molecule has 1 atom stereocenters. The molecule has 0 aliphatic rings. The smallest absolute Gasteiger partial charge is 0.358 e. The van der Waals surface area contributed by atoms with Gasteiger partial charge in [-0.1, -0.05) is 31.7 Å². The summed E-state index contributed by atoms with van der Waals surface area (Å²) in [5.74, 6) is 0.546. The highest BCUT2D eigenvalue weighted by atomic mass is 19.4. The molecule has 3 heterocycles. The summed E-state index contributed by atoms with van der Waals surface area (Å²) in [6.07, 6.45) is 4.95. The van der Waals surface area contributed by atoms with Crippen LogP contribution in [0.4, 0.5) is 19.0 Å². The van der Waals surface area contributed by atoms with Crippen LogP contribution in [0.25, 0.3) is 22.1 Å². The number of nitrogens with zero attached hydrogens (tertiary/aromatic N) is 5. The third-order valence-electron chi connectivity index (χ3n) is 5.36. The summed E-state index contributed by atoms with van der Waals surface area (Å²) in [5, 5.41) is 2.68. The van der Waals surface area contributed by atoms with Gasteiger partial charge in [0.25, 0.3) is 5.56 Å². The van der Waals surface area contributed by atoms with E-state index in [2.05, 4.69) is 42.2 Å². The highest BCUT2D eigenvalue weighted by Crippen LogP contribution is 2.33. The van der Waals surface area contributed by atoms with Gasteiger partial charge < -0.3 is 10.3 Å². The Labute approximate surface area is 203 Å². The van der Waals surface area contributed by atoms with E-state index in [4.69, 9.17) is 0 Å². The Morgan fingerprint density at radius 1 is 1.28 bits per heavy atom. The van der Waals surface area contributed by atoms with Crippen molar-refractivity contribution < 1.29 is 13.2 Å². The molecular weight excluding hydrogens is 473 g/mol. The maximum Gasteiger partial charge on any atom is 0.417 e. The highest BCUT2D eigenvalue weighted by Gasteiger charge is 2.35. The number of aromatic amines is 1. The van der Waals surface area contributed by atoms with E-state index in [0.717, 1.165) is 10.7 Å². The first-order valence-electron chi connectivity index (χ1n) is 11.0. The molecule has 36 heavy (non-hydrogen) atoms. The van der Waals surface area contributed by atoms with Crippen molar-refractivity contribution in [1.82, 2.24) is 29.6 Å². The van der Waals surface area contributed by atoms with Crippen molar-refractivity contribution >= 4 is 27.9 Å². The molecule has 4 aromatic rings. The van der Waals surface area contributed by atoms with Gasteiger partial charge in [0.05, 0.1) is 34.5 Å². The van der Waals surface area contributed by atoms with Crippen molar-refractivity contribution in [2.75, 3.05) is 10.7 Å². The average molecular weight is 496 g/mol. The van der Waals surface area contributed by atoms with Crippen LogP contribution in [0.3, 0.4) is 0 Å². The topological polar surface area (TPSA) is 113 Å². The Balaban J connectivity index is 1.96. The third-order valence-corrected chi connectivity index (χ3v) is 5.36. The predicted molar refractivity (Wildman–Crippen MR) is 132 cm³/mol. The molecule has 9 nitrogen and oxygen atoms in total. The zero-order valence-corrected chi connectivity index (χ0v) is 19.5. The molecule has 12 heteroatoms. The van der Waals surface area contributed by atoms with Gasteiger partial charge in [-0.3, -0.25) is 10.2 Å². The van der Waals surface area contributed by atoms with Crippen LogP contribution in [-0.2, 0) is 6.18 Å². The van der Waals surface area contributed by atoms with Crippen molar-refractivity contribution in [3.05, 3.63) is 89.2 Å². The maximum atomic E-state index is 13.8. The normalized spacial score (nSPS) is 13.4. The fourth-order valence-corrected chi connectivity index (χ4v) is 3.78. The minimum absolute atomic E-state index is 0.0731. The van der Waals surface area contributed by atoms with Crippen LogP contribution >= 0.6 is 0 Å². The average Bonchev–Trinajstić information content (AvgIpc) is 3.33. The van der Waals surface area contributed by atoms with Crippen LogP contribution in [0.15, 0.2) is 72.2 Å². The number of imidazole rings is 1. The predicted octanol–water partition coefficient (Wildman–Crippen LogP) is 4.83. The minimum Gasteiger partial charge on any atom is -0.358 e. The Hall–Kier alpha value is -4.48. The molecule has 186 valence electrons. The van der Waals surface area contributed by atoms with Crippen molar-refractivity contribution in [2.24, 2.45) is 0 Å². The van der Waals surface area contributed by atoms with Crippen LogP contribution < -0.4 is 16.3 Å². The van der Waals surface area contributed by atoms with Gasteiger partial charge in [0.2, 0.25) is 0 Å². The molecule has 0 aliphatic heterocycles. The van der Waals surface area contributed by atoms with Gasteiger partial charge in [0.15, 0.2) is 17.3 Å². The molecule has 0 bridgehead atoms. The van der Waals surface area contributed by atoms with E-state index in [1.54, 1.807) is 25.2 Å². The standard InChI is InChI=1S/C24H23F3N8O/c1-4-8-14(9-5-2)34-35-22(16(6-3)32-21-19-20(29-12-28-19)30-13-31-21)33-17-11-7-10-15(24(25,26)27)18(17)23(35)36/h4-5,7-13,16,34H,1,6H2,2-3H3,(H2,28,29,30,31,32)/b9-5-,14-8+. The van der Waals surface area contributed by atoms with Gasteiger partial charge >= 0.3 is 6.18 Å². The lowest BCUT2D eigenvalue weighted by atomic mass is 10.1. The van der Waals surface area contributed by atoms with Gasteiger partial charge in [-0.2, -0.15) is 13.2 Å². The van der Waals surface area contributed by atoms with Gasteiger partial charge in [-0.05, 0) is 37.6 Å². The van der Waals surface area contributed by atoms with Crippen LogP contribution in [0.5, 0.6) is 0 Å². The van der Waals surface area contributed by atoms with Gasteiger partial charge in [-0.15, -0.1) is 0 Å². The number of H-pyrrole nitrogens is 1. The number of nitrogens with one attached hydrogen (secondary N) is 3. The largest absolute Gasteiger partial charge is 0.417 e. The SMILES string of the molecule is C=C/C=C(\C=C/C)Nn1c(C(CC)Nc2ncnc3[nH]cnc23)nc2cccc(C(F)(F)F)c2c1=O. The second-order valence-electron chi connectivity index (χ2n) is 7.70. The summed E-state index contributed by atoms with van der Waals surface area (Å²) >= 11 is 0. The lowest BCUT2D eigenvalue weighted by Crippen LogP contribution is -2.36. The Kier molecular flexibility index (Phi) is 6.86.